The van der Waals surface area contributed by atoms with Gasteiger partial charge in [0.2, 0.25) is 0 Å². The van der Waals surface area contributed by atoms with Crippen molar-refractivity contribution in [2.45, 2.75) is 26.8 Å². The van der Waals surface area contributed by atoms with Crippen LogP contribution in [-0.4, -0.2) is 7.11 Å². The van der Waals surface area contributed by atoms with Crippen molar-refractivity contribution in [1.29, 1.82) is 0 Å². The first-order valence-corrected chi connectivity index (χ1v) is 6.98. The Hall–Kier alpha value is -1.51. The summed E-state index contributed by atoms with van der Waals surface area (Å²) in [6.45, 7) is 6.07. The minimum absolute atomic E-state index is 0.230. The van der Waals surface area contributed by atoms with Crippen LogP contribution in [0, 0.1) is 20.8 Å². The molecular weight excluding hydrogens is 270 g/mol. The van der Waals surface area contributed by atoms with E-state index < -0.39 is 0 Å². The van der Waals surface area contributed by atoms with Gasteiger partial charge in [0.05, 0.1) is 13.2 Å². The zero-order chi connectivity index (χ0) is 14.9. The highest BCUT2D eigenvalue weighted by molar-refractivity contribution is 6.31. The molecular formula is C17H20ClNO. The number of nitrogens with two attached hydrogens (primary N) is 1. The molecule has 0 fully saturated rings. The minimum atomic E-state index is -0.230. The van der Waals surface area contributed by atoms with Gasteiger partial charge in [-0.1, -0.05) is 35.9 Å². The lowest BCUT2D eigenvalue weighted by atomic mass is 9.95. The molecule has 0 aliphatic heterocycles. The molecule has 0 saturated carbocycles. The maximum absolute atomic E-state index is 6.37. The van der Waals surface area contributed by atoms with Crippen molar-refractivity contribution in [2.24, 2.45) is 5.73 Å². The molecule has 20 heavy (non-hydrogen) atoms. The fraction of sp³-hybridized carbons (Fsp3) is 0.294. The van der Waals surface area contributed by atoms with Crippen LogP contribution in [0.4, 0.5) is 0 Å². The second-order valence-corrected chi connectivity index (χ2v) is 5.60. The predicted molar refractivity (Wildman–Crippen MR) is 84.7 cm³/mol. The van der Waals surface area contributed by atoms with E-state index in [2.05, 4.69) is 12.1 Å². The number of halogens is 1. The molecule has 106 valence electrons. The van der Waals surface area contributed by atoms with Crippen molar-refractivity contribution in [2.75, 3.05) is 7.11 Å². The quantitative estimate of drug-likeness (QED) is 0.913. The molecule has 3 heteroatoms. The van der Waals surface area contributed by atoms with Gasteiger partial charge >= 0.3 is 0 Å². The standard InChI is InChI=1S/C17H20ClNO/c1-10-5-6-14(15(18)7-10)16(19)13-8-11(2)17(20-4)12(3)9-13/h5-9,16H,19H2,1-4H3. The molecule has 0 bridgehead atoms. The van der Waals surface area contributed by atoms with Crippen molar-refractivity contribution in [3.63, 3.8) is 0 Å². The number of benzene rings is 2. The topological polar surface area (TPSA) is 35.2 Å². The van der Waals surface area contributed by atoms with Crippen LogP contribution >= 0.6 is 11.6 Å². The third-order valence-corrected chi connectivity index (χ3v) is 3.86. The van der Waals surface area contributed by atoms with Crippen LogP contribution in [0.1, 0.15) is 33.9 Å². The lowest BCUT2D eigenvalue weighted by Gasteiger charge is -2.18. The Morgan fingerprint density at radius 1 is 1.05 bits per heavy atom. The van der Waals surface area contributed by atoms with E-state index in [1.54, 1.807) is 7.11 Å². The van der Waals surface area contributed by atoms with Crippen molar-refractivity contribution < 1.29 is 4.74 Å². The number of ether oxygens (including phenoxy) is 1. The number of hydrogen-bond donors (Lipinski definition) is 1. The second kappa shape index (κ2) is 5.86. The van der Waals surface area contributed by atoms with E-state index in [9.17, 15) is 0 Å². The Labute approximate surface area is 125 Å². The van der Waals surface area contributed by atoms with Crippen LogP contribution in [0.25, 0.3) is 0 Å². The summed E-state index contributed by atoms with van der Waals surface area (Å²) < 4.78 is 5.39. The maximum atomic E-state index is 6.37. The van der Waals surface area contributed by atoms with Gasteiger partial charge in [-0.3, -0.25) is 0 Å². The van der Waals surface area contributed by atoms with E-state index >= 15 is 0 Å². The Morgan fingerprint density at radius 2 is 1.65 bits per heavy atom. The van der Waals surface area contributed by atoms with Gasteiger partial charge in [0.1, 0.15) is 5.75 Å². The highest BCUT2D eigenvalue weighted by Crippen LogP contribution is 2.31. The van der Waals surface area contributed by atoms with Crippen molar-refractivity contribution >= 4 is 11.6 Å². The summed E-state index contributed by atoms with van der Waals surface area (Å²) >= 11 is 6.31. The summed E-state index contributed by atoms with van der Waals surface area (Å²) in [7, 11) is 1.69. The van der Waals surface area contributed by atoms with E-state index in [0.29, 0.717) is 5.02 Å². The van der Waals surface area contributed by atoms with E-state index in [4.69, 9.17) is 22.1 Å². The predicted octanol–water partition coefficient (Wildman–Crippen LogP) is 4.32. The van der Waals surface area contributed by atoms with E-state index in [1.807, 2.05) is 39.0 Å². The zero-order valence-electron chi connectivity index (χ0n) is 12.3. The number of hydrogen-bond acceptors (Lipinski definition) is 2. The molecule has 0 aliphatic rings. The SMILES string of the molecule is COc1c(C)cc(C(N)c2ccc(C)cc2Cl)cc1C. The number of aryl methyl sites for hydroxylation is 3. The van der Waals surface area contributed by atoms with Gasteiger partial charge in [0.25, 0.3) is 0 Å². The molecule has 0 radical (unpaired) electrons. The van der Waals surface area contributed by atoms with Gasteiger partial charge in [0.15, 0.2) is 0 Å². The van der Waals surface area contributed by atoms with Gasteiger partial charge in [-0.2, -0.15) is 0 Å². The molecule has 0 heterocycles. The minimum Gasteiger partial charge on any atom is -0.496 e. The van der Waals surface area contributed by atoms with E-state index in [0.717, 1.165) is 33.6 Å². The van der Waals surface area contributed by atoms with Crippen LogP contribution in [0.2, 0.25) is 5.02 Å². The van der Waals surface area contributed by atoms with Crippen LogP contribution in [-0.2, 0) is 0 Å². The molecule has 2 N–H and O–H groups in total. The average molecular weight is 290 g/mol. The van der Waals surface area contributed by atoms with Crippen LogP contribution < -0.4 is 10.5 Å². The van der Waals surface area contributed by atoms with Gasteiger partial charge < -0.3 is 10.5 Å². The zero-order valence-corrected chi connectivity index (χ0v) is 13.1. The largest absolute Gasteiger partial charge is 0.496 e. The lowest BCUT2D eigenvalue weighted by Crippen LogP contribution is -2.13. The van der Waals surface area contributed by atoms with Crippen molar-refractivity contribution in [1.82, 2.24) is 0 Å². The Bertz CT molecular complexity index is 614. The highest BCUT2D eigenvalue weighted by atomic mass is 35.5. The summed E-state index contributed by atoms with van der Waals surface area (Å²) in [5, 5.41) is 0.712. The van der Waals surface area contributed by atoms with Crippen molar-refractivity contribution in [3.8, 4) is 5.75 Å². The van der Waals surface area contributed by atoms with Crippen LogP contribution in [0.5, 0.6) is 5.75 Å². The summed E-state index contributed by atoms with van der Waals surface area (Å²) in [6.07, 6.45) is 0. The lowest BCUT2D eigenvalue weighted by molar-refractivity contribution is 0.408. The maximum Gasteiger partial charge on any atom is 0.124 e. The molecule has 2 aromatic carbocycles. The van der Waals surface area contributed by atoms with Gasteiger partial charge in [-0.05, 0) is 54.7 Å². The second-order valence-electron chi connectivity index (χ2n) is 5.19. The van der Waals surface area contributed by atoms with Crippen LogP contribution in [0.15, 0.2) is 30.3 Å². The molecule has 0 aromatic heterocycles. The molecule has 0 spiro atoms. The van der Waals surface area contributed by atoms with E-state index in [-0.39, 0.29) is 6.04 Å². The molecule has 2 rings (SSSR count). The first-order chi connectivity index (χ1) is 9.43. The molecule has 1 atom stereocenters. The third-order valence-electron chi connectivity index (χ3n) is 3.54. The molecule has 2 nitrogen and oxygen atoms in total. The highest BCUT2D eigenvalue weighted by Gasteiger charge is 2.15. The molecule has 2 aromatic rings. The van der Waals surface area contributed by atoms with Crippen LogP contribution in [0.3, 0.4) is 0 Å². The van der Waals surface area contributed by atoms with Gasteiger partial charge in [-0.15, -0.1) is 0 Å². The Morgan fingerprint density at radius 3 is 2.15 bits per heavy atom. The van der Waals surface area contributed by atoms with E-state index in [1.165, 1.54) is 0 Å². The Kier molecular flexibility index (Phi) is 4.36. The first-order valence-electron chi connectivity index (χ1n) is 6.60. The number of rotatable bonds is 3. The molecule has 1 unspecified atom stereocenters. The first kappa shape index (κ1) is 14.9. The normalized spacial score (nSPS) is 12.3. The van der Waals surface area contributed by atoms with Gasteiger partial charge in [0, 0.05) is 5.02 Å². The third kappa shape index (κ3) is 2.82. The fourth-order valence-corrected chi connectivity index (χ4v) is 2.90. The number of methoxy groups -OCH3 is 1. The summed E-state index contributed by atoms with van der Waals surface area (Å²) in [5.74, 6) is 0.913. The molecule has 0 aliphatic carbocycles. The smallest absolute Gasteiger partial charge is 0.124 e. The average Bonchev–Trinajstić information content (AvgIpc) is 2.37. The summed E-state index contributed by atoms with van der Waals surface area (Å²) in [5.41, 5.74) is 11.7. The fourth-order valence-electron chi connectivity index (χ4n) is 2.55. The monoisotopic (exact) mass is 289 g/mol. The summed E-state index contributed by atoms with van der Waals surface area (Å²) in [4.78, 5) is 0. The van der Waals surface area contributed by atoms with Crippen molar-refractivity contribution in [3.05, 3.63) is 63.2 Å². The molecule has 0 saturated heterocycles. The summed E-state index contributed by atoms with van der Waals surface area (Å²) in [6, 6.07) is 9.87. The Balaban J connectivity index is 2.45. The molecule has 0 amide bonds. The van der Waals surface area contributed by atoms with Gasteiger partial charge in [-0.25, -0.2) is 0 Å².